The van der Waals surface area contributed by atoms with Crippen LogP contribution in [-0.4, -0.2) is 42.7 Å². The van der Waals surface area contributed by atoms with Crippen LogP contribution in [0, 0.1) is 6.92 Å². The summed E-state index contributed by atoms with van der Waals surface area (Å²) in [6.07, 6.45) is 5.07. The number of carbonyl (C=O) groups is 2. The lowest BCUT2D eigenvalue weighted by Crippen LogP contribution is -2.29. The van der Waals surface area contributed by atoms with Gasteiger partial charge in [0.25, 0.3) is 11.7 Å². The molecule has 8 nitrogen and oxygen atoms in total. The fourth-order valence-corrected chi connectivity index (χ4v) is 4.55. The second-order valence-electron chi connectivity index (χ2n) is 8.27. The number of likely N-dealkylation sites (tertiary alicyclic amines) is 1. The van der Waals surface area contributed by atoms with E-state index in [1.165, 1.54) is 4.90 Å². The summed E-state index contributed by atoms with van der Waals surface area (Å²) in [4.78, 5) is 36.8. The van der Waals surface area contributed by atoms with Crippen LogP contribution in [0.15, 0.2) is 78.8 Å². The van der Waals surface area contributed by atoms with Crippen molar-refractivity contribution in [2.75, 3.05) is 6.61 Å². The smallest absolute Gasteiger partial charge is 0.295 e. The number of imidazole rings is 1. The highest BCUT2D eigenvalue weighted by atomic mass is 16.5. The van der Waals surface area contributed by atoms with Crippen LogP contribution in [-0.2, 0) is 16.1 Å². The molecule has 35 heavy (non-hydrogen) atoms. The summed E-state index contributed by atoms with van der Waals surface area (Å²) >= 11 is 0. The molecule has 1 unspecified atom stereocenters. The number of aliphatic hydroxyl groups excluding tert-OH is 1. The lowest BCUT2D eigenvalue weighted by Gasteiger charge is -2.25. The lowest BCUT2D eigenvalue weighted by molar-refractivity contribution is -0.140. The monoisotopic (exact) mass is 468 g/mol. The first-order valence-corrected chi connectivity index (χ1v) is 11.3. The highest BCUT2D eigenvalue weighted by Crippen LogP contribution is 2.41. The first kappa shape index (κ1) is 22.3. The van der Waals surface area contributed by atoms with Crippen LogP contribution in [0.5, 0.6) is 5.75 Å². The van der Waals surface area contributed by atoms with E-state index in [1.807, 2.05) is 49.4 Å². The standard InChI is InChI=1S/C27H24N4O4/c1-3-35-20-10-6-9-19(14-20)24-22(25(32)23-17(2)29-21-11-4-5-13-30(21)23)26(33)27(34)31(24)16-18-8-7-12-28-15-18/h4-15,24,32H,3,16H2,1-2H3. The van der Waals surface area contributed by atoms with Crippen molar-refractivity contribution in [2.45, 2.75) is 26.4 Å². The number of benzene rings is 1. The molecule has 0 radical (unpaired) electrons. The summed E-state index contributed by atoms with van der Waals surface area (Å²) in [5.41, 5.74) is 3.01. The zero-order chi connectivity index (χ0) is 24.5. The highest BCUT2D eigenvalue weighted by molar-refractivity contribution is 6.46. The molecule has 0 saturated carbocycles. The molecule has 1 saturated heterocycles. The number of aromatic nitrogens is 3. The predicted octanol–water partition coefficient (Wildman–Crippen LogP) is 4.06. The Morgan fingerprint density at radius 1 is 1.11 bits per heavy atom. The Morgan fingerprint density at radius 3 is 2.74 bits per heavy atom. The number of pyridine rings is 2. The Morgan fingerprint density at radius 2 is 1.97 bits per heavy atom. The van der Waals surface area contributed by atoms with Crippen LogP contribution in [0.25, 0.3) is 11.4 Å². The van der Waals surface area contributed by atoms with Gasteiger partial charge in [-0.15, -0.1) is 0 Å². The number of ether oxygens (including phenoxy) is 1. The molecule has 0 bridgehead atoms. The molecule has 1 aliphatic rings. The summed E-state index contributed by atoms with van der Waals surface area (Å²) in [6.45, 7) is 4.28. The SMILES string of the molecule is CCOc1cccc(C2C(=C(O)c3c(C)nc4ccccn34)C(=O)C(=O)N2Cc2cccnc2)c1. The van der Waals surface area contributed by atoms with Gasteiger partial charge in [0.05, 0.1) is 23.9 Å². The van der Waals surface area contributed by atoms with Crippen molar-refractivity contribution < 1.29 is 19.4 Å². The summed E-state index contributed by atoms with van der Waals surface area (Å²) in [7, 11) is 0. The van der Waals surface area contributed by atoms with Gasteiger partial charge in [0.2, 0.25) is 0 Å². The number of aryl methyl sites for hydroxylation is 1. The van der Waals surface area contributed by atoms with E-state index < -0.39 is 17.7 Å². The van der Waals surface area contributed by atoms with Gasteiger partial charge in [0, 0.05) is 25.1 Å². The minimum Gasteiger partial charge on any atom is -0.505 e. The maximum absolute atomic E-state index is 13.4. The number of rotatable bonds is 6. The fourth-order valence-electron chi connectivity index (χ4n) is 4.55. The molecule has 3 aromatic heterocycles. The number of ketones is 1. The van der Waals surface area contributed by atoms with Crippen molar-refractivity contribution in [2.24, 2.45) is 0 Å². The number of aliphatic hydroxyl groups is 1. The number of amides is 1. The van der Waals surface area contributed by atoms with Crippen molar-refractivity contribution in [3.63, 3.8) is 0 Å². The first-order valence-electron chi connectivity index (χ1n) is 11.3. The summed E-state index contributed by atoms with van der Waals surface area (Å²) < 4.78 is 7.38. The molecule has 176 valence electrons. The van der Waals surface area contributed by atoms with Crippen LogP contribution in [0.4, 0.5) is 0 Å². The Balaban J connectivity index is 1.71. The van der Waals surface area contributed by atoms with Crippen LogP contribution in [0.3, 0.4) is 0 Å². The van der Waals surface area contributed by atoms with Gasteiger partial charge in [-0.2, -0.15) is 0 Å². The van der Waals surface area contributed by atoms with Crippen molar-refractivity contribution in [3.8, 4) is 5.75 Å². The first-order chi connectivity index (χ1) is 17.0. The van der Waals surface area contributed by atoms with E-state index in [0.29, 0.717) is 35.0 Å². The number of hydrogen-bond acceptors (Lipinski definition) is 6. The topological polar surface area (TPSA) is 97.0 Å². The number of carbonyl (C=O) groups excluding carboxylic acids is 2. The molecule has 1 amide bonds. The Labute approximate surface area is 202 Å². The third-order valence-electron chi connectivity index (χ3n) is 6.03. The van der Waals surface area contributed by atoms with Gasteiger partial charge in [-0.05, 0) is 55.3 Å². The highest BCUT2D eigenvalue weighted by Gasteiger charge is 2.46. The van der Waals surface area contributed by atoms with Crippen molar-refractivity contribution >= 4 is 23.1 Å². The maximum atomic E-state index is 13.4. The molecule has 4 heterocycles. The van der Waals surface area contributed by atoms with Crippen LogP contribution in [0.2, 0.25) is 0 Å². The average Bonchev–Trinajstić information content (AvgIpc) is 3.33. The molecule has 4 aromatic rings. The summed E-state index contributed by atoms with van der Waals surface area (Å²) in [5.74, 6) is -1.08. The van der Waals surface area contributed by atoms with Gasteiger partial charge in [0.15, 0.2) is 5.76 Å². The van der Waals surface area contributed by atoms with Gasteiger partial charge in [-0.3, -0.25) is 19.0 Å². The van der Waals surface area contributed by atoms with E-state index in [9.17, 15) is 14.7 Å². The third-order valence-corrected chi connectivity index (χ3v) is 6.03. The minimum atomic E-state index is -0.815. The van der Waals surface area contributed by atoms with Crippen LogP contribution in [0.1, 0.15) is 35.5 Å². The number of Topliss-reactive ketones (excluding diaryl/α,β-unsaturated/α-hetero) is 1. The van der Waals surface area contributed by atoms with E-state index in [-0.39, 0.29) is 17.9 Å². The Bertz CT molecular complexity index is 1460. The van der Waals surface area contributed by atoms with Crippen molar-refractivity contribution in [1.29, 1.82) is 0 Å². The largest absolute Gasteiger partial charge is 0.505 e. The molecular formula is C27H24N4O4. The van der Waals surface area contributed by atoms with Crippen LogP contribution < -0.4 is 4.74 Å². The molecule has 0 spiro atoms. The molecule has 1 atom stereocenters. The third kappa shape index (κ3) is 3.93. The predicted molar refractivity (Wildman–Crippen MR) is 130 cm³/mol. The maximum Gasteiger partial charge on any atom is 0.295 e. The molecule has 0 aliphatic carbocycles. The summed E-state index contributed by atoms with van der Waals surface area (Å²) in [5, 5.41) is 11.5. The zero-order valence-corrected chi connectivity index (χ0v) is 19.4. The van der Waals surface area contributed by atoms with Gasteiger partial charge in [-0.1, -0.05) is 24.3 Å². The van der Waals surface area contributed by atoms with E-state index >= 15 is 0 Å². The molecule has 5 rings (SSSR count). The van der Waals surface area contributed by atoms with Gasteiger partial charge >= 0.3 is 0 Å². The Hall–Kier alpha value is -4.46. The van der Waals surface area contributed by atoms with E-state index in [4.69, 9.17) is 4.74 Å². The number of hydrogen-bond donors (Lipinski definition) is 1. The van der Waals surface area contributed by atoms with Gasteiger partial charge < -0.3 is 14.7 Å². The molecule has 1 fully saturated rings. The van der Waals surface area contributed by atoms with Gasteiger partial charge in [0.1, 0.15) is 17.1 Å². The van der Waals surface area contributed by atoms with Gasteiger partial charge in [-0.25, -0.2) is 4.98 Å². The fraction of sp³-hybridized carbons (Fsp3) is 0.185. The number of fused-ring (bicyclic) bond motifs is 1. The van der Waals surface area contributed by atoms with Crippen molar-refractivity contribution in [1.82, 2.24) is 19.3 Å². The number of nitrogens with zero attached hydrogens (tertiary/aromatic N) is 4. The van der Waals surface area contributed by atoms with E-state index in [2.05, 4.69) is 9.97 Å². The average molecular weight is 469 g/mol. The molecule has 8 heteroatoms. The molecular weight excluding hydrogens is 444 g/mol. The molecule has 1 aromatic carbocycles. The second-order valence-corrected chi connectivity index (χ2v) is 8.27. The summed E-state index contributed by atoms with van der Waals surface area (Å²) in [6, 6.07) is 15.5. The normalized spacial score (nSPS) is 17.3. The molecule has 1 aliphatic heterocycles. The van der Waals surface area contributed by atoms with Crippen molar-refractivity contribution in [3.05, 3.63) is 101 Å². The van der Waals surface area contributed by atoms with Crippen LogP contribution >= 0.6 is 0 Å². The molecule has 1 N–H and O–H groups in total. The quantitative estimate of drug-likeness (QED) is 0.260. The van der Waals surface area contributed by atoms with E-state index in [1.54, 1.807) is 42.0 Å². The lowest BCUT2D eigenvalue weighted by atomic mass is 9.96. The second kappa shape index (κ2) is 9.06. The van der Waals surface area contributed by atoms with E-state index in [0.717, 1.165) is 5.56 Å². The Kier molecular flexibility index (Phi) is 5.78. The zero-order valence-electron chi connectivity index (χ0n) is 19.4. The minimum absolute atomic E-state index is 0.0151.